The van der Waals surface area contributed by atoms with Crippen LogP contribution in [0.2, 0.25) is 0 Å². The second-order valence-corrected chi connectivity index (χ2v) is 4.84. The molecule has 0 spiro atoms. The molecule has 0 atom stereocenters. The Balaban J connectivity index is 1.65. The van der Waals surface area contributed by atoms with Gasteiger partial charge in [-0.05, 0) is 31.4 Å². The Kier molecular flexibility index (Phi) is 3.97. The third-order valence-corrected chi connectivity index (χ3v) is 3.42. The van der Waals surface area contributed by atoms with Gasteiger partial charge in [0.15, 0.2) is 0 Å². The molecule has 0 heterocycles. The Morgan fingerprint density at radius 3 is 2.50 bits per heavy atom. The highest BCUT2D eigenvalue weighted by molar-refractivity contribution is 5.14. The number of hydrogen-bond donors (Lipinski definition) is 2. The van der Waals surface area contributed by atoms with Gasteiger partial charge in [0.05, 0.1) is 5.60 Å². The van der Waals surface area contributed by atoms with Crippen molar-refractivity contribution in [2.75, 3.05) is 13.1 Å². The first-order chi connectivity index (χ1) is 7.79. The molecule has 1 aromatic rings. The SMILES string of the molecule is OC1(CNCCc2ccccc2)CCCC1. The summed E-state index contributed by atoms with van der Waals surface area (Å²) in [5, 5.41) is 13.5. The Labute approximate surface area is 97.7 Å². The molecule has 1 aliphatic carbocycles. The molecule has 0 radical (unpaired) electrons. The second-order valence-electron chi connectivity index (χ2n) is 4.84. The molecule has 0 bridgehead atoms. The van der Waals surface area contributed by atoms with Crippen molar-refractivity contribution in [2.45, 2.75) is 37.7 Å². The predicted molar refractivity (Wildman–Crippen MR) is 66.4 cm³/mol. The summed E-state index contributed by atoms with van der Waals surface area (Å²) in [6.07, 6.45) is 5.32. The minimum absolute atomic E-state index is 0.420. The highest BCUT2D eigenvalue weighted by Crippen LogP contribution is 2.28. The van der Waals surface area contributed by atoms with E-state index in [1.165, 1.54) is 18.4 Å². The summed E-state index contributed by atoms with van der Waals surface area (Å²) in [6.45, 7) is 1.70. The van der Waals surface area contributed by atoms with E-state index in [1.807, 2.05) is 6.07 Å². The highest BCUT2D eigenvalue weighted by Gasteiger charge is 2.30. The van der Waals surface area contributed by atoms with Crippen molar-refractivity contribution in [3.05, 3.63) is 35.9 Å². The molecular weight excluding hydrogens is 198 g/mol. The topological polar surface area (TPSA) is 32.3 Å². The van der Waals surface area contributed by atoms with Gasteiger partial charge in [-0.25, -0.2) is 0 Å². The monoisotopic (exact) mass is 219 g/mol. The summed E-state index contributed by atoms with van der Waals surface area (Å²) in [6, 6.07) is 10.5. The van der Waals surface area contributed by atoms with Crippen LogP contribution in [-0.2, 0) is 6.42 Å². The minimum atomic E-state index is -0.420. The first-order valence-electron chi connectivity index (χ1n) is 6.26. The zero-order valence-electron chi connectivity index (χ0n) is 9.78. The lowest BCUT2D eigenvalue weighted by Gasteiger charge is -2.22. The van der Waals surface area contributed by atoms with Crippen LogP contribution >= 0.6 is 0 Å². The molecule has 1 aromatic carbocycles. The van der Waals surface area contributed by atoms with E-state index in [4.69, 9.17) is 0 Å². The van der Waals surface area contributed by atoms with Crippen LogP contribution in [0.15, 0.2) is 30.3 Å². The van der Waals surface area contributed by atoms with Gasteiger partial charge in [0, 0.05) is 6.54 Å². The molecule has 0 aliphatic heterocycles. The Bertz CT molecular complexity index is 304. The van der Waals surface area contributed by atoms with E-state index in [9.17, 15) is 5.11 Å². The maximum atomic E-state index is 10.1. The van der Waals surface area contributed by atoms with Crippen LogP contribution in [0.3, 0.4) is 0 Å². The smallest absolute Gasteiger partial charge is 0.0771 e. The van der Waals surface area contributed by atoms with Crippen LogP contribution in [-0.4, -0.2) is 23.8 Å². The van der Waals surface area contributed by atoms with Gasteiger partial charge in [-0.1, -0.05) is 43.2 Å². The molecule has 0 unspecified atom stereocenters. The molecule has 16 heavy (non-hydrogen) atoms. The Morgan fingerprint density at radius 1 is 1.12 bits per heavy atom. The molecule has 2 N–H and O–H groups in total. The van der Waals surface area contributed by atoms with Gasteiger partial charge in [0.2, 0.25) is 0 Å². The molecule has 1 aliphatic rings. The van der Waals surface area contributed by atoms with Gasteiger partial charge in [-0.2, -0.15) is 0 Å². The lowest BCUT2D eigenvalue weighted by atomic mass is 10.0. The van der Waals surface area contributed by atoms with Gasteiger partial charge in [0.1, 0.15) is 0 Å². The number of nitrogens with one attached hydrogen (secondary N) is 1. The Morgan fingerprint density at radius 2 is 1.81 bits per heavy atom. The van der Waals surface area contributed by atoms with Crippen LogP contribution in [0.25, 0.3) is 0 Å². The highest BCUT2D eigenvalue weighted by atomic mass is 16.3. The van der Waals surface area contributed by atoms with Crippen molar-refractivity contribution in [3.63, 3.8) is 0 Å². The van der Waals surface area contributed by atoms with Crippen LogP contribution < -0.4 is 5.32 Å². The van der Waals surface area contributed by atoms with E-state index < -0.39 is 5.60 Å². The molecule has 88 valence electrons. The standard InChI is InChI=1S/C14H21NO/c16-14(9-4-5-10-14)12-15-11-8-13-6-2-1-3-7-13/h1-3,6-7,15-16H,4-5,8-12H2. The zero-order chi connectivity index (χ0) is 11.3. The van der Waals surface area contributed by atoms with Gasteiger partial charge in [-0.3, -0.25) is 0 Å². The molecule has 1 saturated carbocycles. The van der Waals surface area contributed by atoms with E-state index >= 15 is 0 Å². The Hall–Kier alpha value is -0.860. The largest absolute Gasteiger partial charge is 0.389 e. The second kappa shape index (κ2) is 5.46. The average Bonchev–Trinajstić information content (AvgIpc) is 2.74. The molecule has 0 saturated heterocycles. The summed E-state index contributed by atoms with van der Waals surface area (Å²) >= 11 is 0. The van der Waals surface area contributed by atoms with Crippen molar-refractivity contribution in [3.8, 4) is 0 Å². The first-order valence-corrected chi connectivity index (χ1v) is 6.26. The zero-order valence-corrected chi connectivity index (χ0v) is 9.78. The van der Waals surface area contributed by atoms with E-state index in [0.717, 1.165) is 32.4 Å². The number of rotatable bonds is 5. The first kappa shape index (κ1) is 11.6. The van der Waals surface area contributed by atoms with E-state index in [2.05, 4.69) is 29.6 Å². The van der Waals surface area contributed by atoms with Crippen molar-refractivity contribution in [1.29, 1.82) is 0 Å². The lowest BCUT2D eigenvalue weighted by Crippen LogP contribution is -2.38. The normalized spacial score (nSPS) is 18.8. The van der Waals surface area contributed by atoms with Crippen molar-refractivity contribution in [2.24, 2.45) is 0 Å². The maximum absolute atomic E-state index is 10.1. The van der Waals surface area contributed by atoms with Gasteiger partial charge < -0.3 is 10.4 Å². The van der Waals surface area contributed by atoms with Crippen LogP contribution in [0.5, 0.6) is 0 Å². The lowest BCUT2D eigenvalue weighted by molar-refractivity contribution is 0.0481. The summed E-state index contributed by atoms with van der Waals surface area (Å²) < 4.78 is 0. The van der Waals surface area contributed by atoms with Crippen molar-refractivity contribution in [1.82, 2.24) is 5.32 Å². The van der Waals surface area contributed by atoms with Gasteiger partial charge in [-0.15, -0.1) is 0 Å². The summed E-state index contributed by atoms with van der Waals surface area (Å²) in [7, 11) is 0. The quantitative estimate of drug-likeness (QED) is 0.744. The molecule has 2 nitrogen and oxygen atoms in total. The molecule has 2 heteroatoms. The van der Waals surface area contributed by atoms with Gasteiger partial charge in [0.25, 0.3) is 0 Å². The van der Waals surface area contributed by atoms with Crippen LogP contribution in [0.1, 0.15) is 31.2 Å². The predicted octanol–water partition coefficient (Wildman–Crippen LogP) is 2.12. The van der Waals surface area contributed by atoms with Gasteiger partial charge >= 0.3 is 0 Å². The number of aliphatic hydroxyl groups is 1. The number of hydrogen-bond acceptors (Lipinski definition) is 2. The fourth-order valence-electron chi connectivity index (χ4n) is 2.41. The third kappa shape index (κ3) is 3.32. The summed E-state index contributed by atoms with van der Waals surface area (Å²) in [4.78, 5) is 0. The molecule has 2 rings (SSSR count). The summed E-state index contributed by atoms with van der Waals surface area (Å²) in [5.41, 5.74) is 0.935. The minimum Gasteiger partial charge on any atom is -0.389 e. The summed E-state index contributed by atoms with van der Waals surface area (Å²) in [5.74, 6) is 0. The van der Waals surface area contributed by atoms with E-state index in [-0.39, 0.29) is 0 Å². The number of benzene rings is 1. The van der Waals surface area contributed by atoms with Crippen molar-refractivity contribution < 1.29 is 5.11 Å². The molecule has 0 aromatic heterocycles. The maximum Gasteiger partial charge on any atom is 0.0771 e. The van der Waals surface area contributed by atoms with E-state index in [0.29, 0.717) is 0 Å². The fourth-order valence-corrected chi connectivity index (χ4v) is 2.41. The van der Waals surface area contributed by atoms with Crippen molar-refractivity contribution >= 4 is 0 Å². The van der Waals surface area contributed by atoms with Crippen LogP contribution in [0.4, 0.5) is 0 Å². The molecular formula is C14H21NO. The van der Waals surface area contributed by atoms with E-state index in [1.54, 1.807) is 0 Å². The fraction of sp³-hybridized carbons (Fsp3) is 0.571. The average molecular weight is 219 g/mol. The third-order valence-electron chi connectivity index (χ3n) is 3.42. The van der Waals surface area contributed by atoms with Crippen LogP contribution in [0, 0.1) is 0 Å². The molecule has 1 fully saturated rings. The molecule has 0 amide bonds.